The lowest BCUT2D eigenvalue weighted by Crippen LogP contribution is -2.16. The summed E-state index contributed by atoms with van der Waals surface area (Å²) in [6.45, 7) is 3.79. The molecule has 6 heteroatoms. The minimum absolute atomic E-state index is 0.0708. The molecule has 0 amide bonds. The maximum absolute atomic E-state index is 12.3. The largest absolute Gasteiger partial charge is 0.462 e. The van der Waals surface area contributed by atoms with Gasteiger partial charge in [-0.3, -0.25) is 9.97 Å². The number of pyridine rings is 2. The zero-order chi connectivity index (χ0) is 15.9. The molecule has 0 radical (unpaired) electrons. The number of aromatic nitrogens is 2. The van der Waals surface area contributed by atoms with E-state index in [1.54, 1.807) is 38.2 Å². The molecule has 0 spiro atoms. The van der Waals surface area contributed by atoms with Gasteiger partial charge in [-0.2, -0.15) is 0 Å². The van der Waals surface area contributed by atoms with Crippen molar-refractivity contribution in [3.05, 3.63) is 47.8 Å². The van der Waals surface area contributed by atoms with Crippen molar-refractivity contribution >= 4 is 11.9 Å². The van der Waals surface area contributed by atoms with Crippen molar-refractivity contribution in [2.45, 2.75) is 13.8 Å². The maximum atomic E-state index is 12.3. The minimum Gasteiger partial charge on any atom is -0.462 e. The molecule has 2 rings (SSSR count). The molecule has 0 aliphatic heterocycles. The molecule has 114 valence electrons. The number of rotatable bonds is 5. The van der Waals surface area contributed by atoms with E-state index < -0.39 is 11.9 Å². The van der Waals surface area contributed by atoms with Gasteiger partial charge in [0, 0.05) is 12.4 Å². The van der Waals surface area contributed by atoms with Gasteiger partial charge in [0.15, 0.2) is 0 Å². The Labute approximate surface area is 128 Å². The lowest BCUT2D eigenvalue weighted by atomic mass is 10.0. The van der Waals surface area contributed by atoms with Crippen LogP contribution in [0.4, 0.5) is 0 Å². The lowest BCUT2D eigenvalue weighted by Gasteiger charge is -2.11. The van der Waals surface area contributed by atoms with E-state index >= 15 is 0 Å². The second-order valence-corrected chi connectivity index (χ2v) is 4.24. The Morgan fingerprint density at radius 1 is 0.955 bits per heavy atom. The summed E-state index contributed by atoms with van der Waals surface area (Å²) in [4.78, 5) is 32.7. The van der Waals surface area contributed by atoms with E-state index in [9.17, 15) is 9.59 Å². The first-order valence-corrected chi connectivity index (χ1v) is 6.93. The molecule has 0 unspecified atom stereocenters. The first kappa shape index (κ1) is 15.6. The van der Waals surface area contributed by atoms with Gasteiger partial charge in [-0.25, -0.2) is 9.59 Å². The number of hydrogen-bond donors (Lipinski definition) is 0. The highest BCUT2D eigenvalue weighted by Gasteiger charge is 2.25. The molecule has 0 fully saturated rings. The monoisotopic (exact) mass is 300 g/mol. The van der Waals surface area contributed by atoms with Crippen molar-refractivity contribution in [3.8, 4) is 11.4 Å². The molecule has 22 heavy (non-hydrogen) atoms. The van der Waals surface area contributed by atoms with Crippen LogP contribution in [0.5, 0.6) is 0 Å². The maximum Gasteiger partial charge on any atom is 0.341 e. The van der Waals surface area contributed by atoms with Crippen LogP contribution in [0.15, 0.2) is 36.7 Å². The average Bonchev–Trinajstić information content (AvgIpc) is 2.55. The number of carbonyl (C=O) groups is 2. The average molecular weight is 300 g/mol. The van der Waals surface area contributed by atoms with Crippen molar-refractivity contribution in [1.29, 1.82) is 0 Å². The van der Waals surface area contributed by atoms with Gasteiger partial charge >= 0.3 is 11.9 Å². The van der Waals surface area contributed by atoms with Crippen LogP contribution in [0, 0.1) is 0 Å². The quantitative estimate of drug-likeness (QED) is 0.789. The Bertz CT molecular complexity index is 671. The van der Waals surface area contributed by atoms with Crippen molar-refractivity contribution in [1.82, 2.24) is 9.97 Å². The van der Waals surface area contributed by atoms with E-state index in [-0.39, 0.29) is 24.3 Å². The first-order chi connectivity index (χ1) is 10.7. The SMILES string of the molecule is CCOC(=O)c1ccnc(-c2ccccn2)c1C(=O)OCC. The standard InChI is InChI=1S/C16H16N2O4/c1-3-21-15(19)11-8-10-18-14(12-7-5-6-9-17-12)13(11)16(20)22-4-2/h5-10H,3-4H2,1-2H3. The molecule has 6 nitrogen and oxygen atoms in total. The van der Waals surface area contributed by atoms with E-state index in [0.717, 1.165) is 0 Å². The van der Waals surface area contributed by atoms with Crippen LogP contribution in [0.3, 0.4) is 0 Å². The Kier molecular flexibility index (Phi) is 5.19. The second kappa shape index (κ2) is 7.31. The van der Waals surface area contributed by atoms with Crippen molar-refractivity contribution in [2.75, 3.05) is 13.2 Å². The summed E-state index contributed by atoms with van der Waals surface area (Å²) >= 11 is 0. The van der Waals surface area contributed by atoms with Gasteiger partial charge in [-0.05, 0) is 32.0 Å². The summed E-state index contributed by atoms with van der Waals surface area (Å²) < 4.78 is 10.0. The van der Waals surface area contributed by atoms with Crippen LogP contribution in [-0.4, -0.2) is 35.1 Å². The first-order valence-electron chi connectivity index (χ1n) is 6.93. The van der Waals surface area contributed by atoms with Crippen LogP contribution in [0.1, 0.15) is 34.6 Å². The molecular weight excluding hydrogens is 284 g/mol. The van der Waals surface area contributed by atoms with Crippen molar-refractivity contribution in [2.24, 2.45) is 0 Å². The predicted molar refractivity (Wildman–Crippen MR) is 79.4 cm³/mol. The Morgan fingerprint density at radius 3 is 2.32 bits per heavy atom. The van der Waals surface area contributed by atoms with Gasteiger partial charge in [0.25, 0.3) is 0 Å². The fourth-order valence-corrected chi connectivity index (χ4v) is 1.95. The third-order valence-corrected chi connectivity index (χ3v) is 2.83. The molecule has 0 bridgehead atoms. The van der Waals surface area contributed by atoms with Gasteiger partial charge in [0.1, 0.15) is 11.3 Å². The molecular formula is C16H16N2O4. The van der Waals surface area contributed by atoms with Gasteiger partial charge in [0.05, 0.1) is 24.5 Å². The molecule has 2 aromatic rings. The van der Waals surface area contributed by atoms with Gasteiger partial charge in [-0.1, -0.05) is 6.07 Å². The zero-order valence-electron chi connectivity index (χ0n) is 12.4. The summed E-state index contributed by atoms with van der Waals surface area (Å²) in [7, 11) is 0. The second-order valence-electron chi connectivity index (χ2n) is 4.24. The van der Waals surface area contributed by atoms with Crippen LogP contribution in [-0.2, 0) is 9.47 Å². The third-order valence-electron chi connectivity index (χ3n) is 2.83. The van der Waals surface area contributed by atoms with Crippen molar-refractivity contribution in [3.63, 3.8) is 0 Å². The fourth-order valence-electron chi connectivity index (χ4n) is 1.95. The minimum atomic E-state index is -0.626. The number of ether oxygens (including phenoxy) is 2. The Morgan fingerprint density at radius 2 is 1.68 bits per heavy atom. The molecule has 0 N–H and O–H groups in total. The van der Waals surface area contributed by atoms with Crippen LogP contribution in [0.2, 0.25) is 0 Å². The zero-order valence-corrected chi connectivity index (χ0v) is 12.4. The molecule has 2 heterocycles. The number of nitrogens with zero attached hydrogens (tertiary/aromatic N) is 2. The summed E-state index contributed by atoms with van der Waals surface area (Å²) in [6, 6.07) is 6.68. The Hall–Kier alpha value is -2.76. The highest BCUT2D eigenvalue weighted by Crippen LogP contribution is 2.24. The molecule has 0 saturated carbocycles. The summed E-state index contributed by atoms with van der Waals surface area (Å²) in [5.74, 6) is -1.22. The Balaban J connectivity index is 2.60. The van der Waals surface area contributed by atoms with Crippen LogP contribution in [0.25, 0.3) is 11.4 Å². The van der Waals surface area contributed by atoms with E-state index in [0.29, 0.717) is 11.4 Å². The lowest BCUT2D eigenvalue weighted by molar-refractivity contribution is 0.0479. The van der Waals surface area contributed by atoms with Gasteiger partial charge in [0.2, 0.25) is 0 Å². The topological polar surface area (TPSA) is 78.4 Å². The highest BCUT2D eigenvalue weighted by atomic mass is 16.5. The van der Waals surface area contributed by atoms with E-state index in [4.69, 9.17) is 9.47 Å². The van der Waals surface area contributed by atoms with Gasteiger partial charge in [-0.15, -0.1) is 0 Å². The third kappa shape index (κ3) is 3.28. The fraction of sp³-hybridized carbons (Fsp3) is 0.250. The molecule has 0 atom stereocenters. The molecule has 2 aromatic heterocycles. The van der Waals surface area contributed by atoms with Crippen molar-refractivity contribution < 1.29 is 19.1 Å². The molecule has 0 aliphatic carbocycles. The van der Waals surface area contributed by atoms with Gasteiger partial charge < -0.3 is 9.47 Å². The summed E-state index contributed by atoms with van der Waals surface area (Å²) in [6.07, 6.45) is 3.03. The molecule has 0 aromatic carbocycles. The highest BCUT2D eigenvalue weighted by molar-refractivity contribution is 6.06. The summed E-state index contributed by atoms with van der Waals surface area (Å²) in [5, 5.41) is 0. The summed E-state index contributed by atoms with van der Waals surface area (Å²) in [5.41, 5.74) is 0.971. The number of carbonyl (C=O) groups excluding carboxylic acids is 2. The normalized spacial score (nSPS) is 10.1. The number of esters is 2. The predicted octanol–water partition coefficient (Wildman–Crippen LogP) is 2.50. The van der Waals surface area contributed by atoms with E-state index in [1.807, 2.05) is 0 Å². The molecule has 0 aliphatic rings. The number of hydrogen-bond acceptors (Lipinski definition) is 6. The molecule has 0 saturated heterocycles. The smallest absolute Gasteiger partial charge is 0.341 e. The van der Waals surface area contributed by atoms with E-state index in [1.165, 1.54) is 12.3 Å². The van der Waals surface area contributed by atoms with E-state index in [2.05, 4.69) is 9.97 Å². The van der Waals surface area contributed by atoms with Crippen LogP contribution < -0.4 is 0 Å². The van der Waals surface area contributed by atoms with Crippen LogP contribution >= 0.6 is 0 Å².